The van der Waals surface area contributed by atoms with Gasteiger partial charge in [-0.1, -0.05) is 11.8 Å². The first-order valence-corrected chi connectivity index (χ1v) is 4.03. The van der Waals surface area contributed by atoms with Crippen molar-refractivity contribution >= 4 is 17.6 Å². The summed E-state index contributed by atoms with van der Waals surface area (Å²) in [4.78, 5) is 7.44. The molecular weight excluding hydrogens is 167 g/mol. The summed E-state index contributed by atoms with van der Waals surface area (Å²) >= 11 is 1.32. The van der Waals surface area contributed by atoms with Gasteiger partial charge < -0.3 is 5.43 Å². The maximum atomic E-state index is 12.6. The summed E-state index contributed by atoms with van der Waals surface area (Å²) in [5, 5.41) is 0.486. The topological polar surface area (TPSA) is 63.8 Å². The van der Waals surface area contributed by atoms with Gasteiger partial charge in [0.1, 0.15) is 0 Å². The van der Waals surface area contributed by atoms with Crippen molar-refractivity contribution in [3.8, 4) is 0 Å². The molecule has 0 aliphatic carbocycles. The number of nitrogens with one attached hydrogen (secondary N) is 1. The van der Waals surface area contributed by atoms with Crippen molar-refractivity contribution in [2.24, 2.45) is 5.84 Å². The van der Waals surface area contributed by atoms with Gasteiger partial charge in [-0.15, -0.1) is 0 Å². The lowest BCUT2D eigenvalue weighted by Crippen LogP contribution is -2.11. The van der Waals surface area contributed by atoms with E-state index in [2.05, 4.69) is 15.4 Å². The molecule has 0 bridgehead atoms. The minimum atomic E-state index is -0.551. The van der Waals surface area contributed by atoms with Crippen LogP contribution in [-0.2, 0) is 0 Å². The number of nitrogens with two attached hydrogens (primary N) is 1. The second-order valence-corrected chi connectivity index (χ2v) is 2.47. The zero-order chi connectivity index (χ0) is 8.27. The number of hydrogen-bond acceptors (Lipinski definition) is 5. The van der Waals surface area contributed by atoms with E-state index in [1.54, 1.807) is 6.26 Å². The highest BCUT2D eigenvalue weighted by Gasteiger charge is 2.03. The van der Waals surface area contributed by atoms with Crippen LogP contribution in [0.4, 0.5) is 10.2 Å². The van der Waals surface area contributed by atoms with E-state index < -0.39 is 5.82 Å². The minimum absolute atomic E-state index is 0.0179. The molecule has 6 heteroatoms. The second kappa shape index (κ2) is 3.49. The zero-order valence-corrected chi connectivity index (χ0v) is 6.65. The maximum absolute atomic E-state index is 12.6. The molecule has 0 spiro atoms. The van der Waals surface area contributed by atoms with Crippen LogP contribution >= 0.6 is 11.8 Å². The molecule has 0 aliphatic rings. The average molecular weight is 174 g/mol. The van der Waals surface area contributed by atoms with Crippen molar-refractivity contribution in [3.63, 3.8) is 0 Å². The average Bonchev–Trinajstić information content (AvgIpc) is 2.05. The van der Waals surface area contributed by atoms with Crippen LogP contribution < -0.4 is 11.3 Å². The molecule has 0 aromatic carbocycles. The van der Waals surface area contributed by atoms with Crippen LogP contribution in [0.2, 0.25) is 0 Å². The van der Waals surface area contributed by atoms with Gasteiger partial charge in [0.05, 0.1) is 6.20 Å². The Bertz CT molecular complexity index is 254. The van der Waals surface area contributed by atoms with Crippen molar-refractivity contribution in [2.75, 3.05) is 11.7 Å². The molecular formula is C5H7FN4S. The van der Waals surface area contributed by atoms with Crippen LogP contribution in [0.5, 0.6) is 0 Å². The summed E-state index contributed by atoms with van der Waals surface area (Å²) in [6, 6.07) is 0. The molecule has 0 radical (unpaired) electrons. The van der Waals surface area contributed by atoms with Gasteiger partial charge in [-0.05, 0) is 6.26 Å². The fourth-order valence-corrected chi connectivity index (χ4v) is 0.891. The molecule has 11 heavy (non-hydrogen) atoms. The Hall–Kier alpha value is -0.880. The summed E-state index contributed by atoms with van der Waals surface area (Å²) < 4.78 is 12.6. The van der Waals surface area contributed by atoms with Gasteiger partial charge in [-0.2, -0.15) is 0 Å². The number of nitrogen functional groups attached to an aromatic ring is 1. The number of rotatable bonds is 2. The smallest absolute Gasteiger partial charge is 0.189 e. The van der Waals surface area contributed by atoms with Crippen LogP contribution in [0.25, 0.3) is 0 Å². The molecule has 3 N–H and O–H groups in total. The van der Waals surface area contributed by atoms with Crippen molar-refractivity contribution in [3.05, 3.63) is 12.0 Å². The molecule has 0 aliphatic heterocycles. The molecule has 1 aromatic heterocycles. The standard InChI is InChI=1S/C5H7FN4S/c1-11-5-8-2-3(6)4(9-5)10-7/h2H,7H2,1H3,(H,8,9,10). The fraction of sp³-hybridized carbons (Fsp3) is 0.200. The molecule has 0 saturated heterocycles. The number of hydrogen-bond donors (Lipinski definition) is 2. The van der Waals surface area contributed by atoms with Gasteiger partial charge in [-0.3, -0.25) is 0 Å². The molecule has 0 unspecified atom stereocenters. The van der Waals surface area contributed by atoms with E-state index in [9.17, 15) is 4.39 Å². The van der Waals surface area contributed by atoms with Crippen LogP contribution in [0.3, 0.4) is 0 Å². The quantitative estimate of drug-likeness (QED) is 0.298. The Balaban J connectivity index is 3.02. The number of thioether (sulfide) groups is 1. The van der Waals surface area contributed by atoms with Gasteiger partial charge in [-0.25, -0.2) is 20.2 Å². The fourth-order valence-electron chi connectivity index (χ4n) is 0.551. The van der Waals surface area contributed by atoms with E-state index in [4.69, 9.17) is 5.84 Å². The molecule has 1 rings (SSSR count). The highest BCUT2D eigenvalue weighted by atomic mass is 32.2. The lowest BCUT2D eigenvalue weighted by atomic mass is 10.6. The first-order valence-electron chi connectivity index (χ1n) is 2.81. The van der Waals surface area contributed by atoms with Gasteiger partial charge in [0, 0.05) is 0 Å². The highest BCUT2D eigenvalue weighted by molar-refractivity contribution is 7.98. The predicted octanol–water partition coefficient (Wildman–Crippen LogP) is 0.623. The molecule has 1 aromatic rings. The van der Waals surface area contributed by atoms with E-state index in [1.165, 1.54) is 11.8 Å². The minimum Gasteiger partial charge on any atom is -0.306 e. The van der Waals surface area contributed by atoms with Crippen LogP contribution in [0.15, 0.2) is 11.4 Å². The van der Waals surface area contributed by atoms with Gasteiger partial charge in [0.25, 0.3) is 0 Å². The number of anilines is 1. The summed E-state index contributed by atoms with van der Waals surface area (Å²) in [7, 11) is 0. The number of halogens is 1. The lowest BCUT2D eigenvalue weighted by molar-refractivity contribution is 0.610. The Morgan fingerprint density at radius 2 is 2.45 bits per heavy atom. The third-order valence-corrected chi connectivity index (χ3v) is 1.60. The van der Waals surface area contributed by atoms with Crippen molar-refractivity contribution in [1.82, 2.24) is 9.97 Å². The van der Waals surface area contributed by atoms with Gasteiger partial charge in [0.15, 0.2) is 16.8 Å². The van der Waals surface area contributed by atoms with E-state index in [0.29, 0.717) is 5.16 Å². The van der Waals surface area contributed by atoms with Crippen LogP contribution in [-0.4, -0.2) is 16.2 Å². The Labute approximate surface area is 67.4 Å². The second-order valence-electron chi connectivity index (χ2n) is 1.70. The third-order valence-electron chi connectivity index (χ3n) is 1.04. The first kappa shape index (κ1) is 8.22. The predicted molar refractivity (Wildman–Crippen MR) is 41.6 cm³/mol. The molecule has 0 saturated carbocycles. The third kappa shape index (κ3) is 1.78. The molecule has 60 valence electrons. The van der Waals surface area contributed by atoms with E-state index in [0.717, 1.165) is 6.20 Å². The lowest BCUT2D eigenvalue weighted by Gasteiger charge is -2.00. The molecule has 4 nitrogen and oxygen atoms in total. The highest BCUT2D eigenvalue weighted by Crippen LogP contribution is 2.13. The van der Waals surface area contributed by atoms with Gasteiger partial charge >= 0.3 is 0 Å². The van der Waals surface area contributed by atoms with Crippen molar-refractivity contribution in [2.45, 2.75) is 5.16 Å². The van der Waals surface area contributed by atoms with E-state index in [1.807, 2.05) is 0 Å². The Morgan fingerprint density at radius 3 is 3.00 bits per heavy atom. The maximum Gasteiger partial charge on any atom is 0.189 e. The van der Waals surface area contributed by atoms with Gasteiger partial charge in [0.2, 0.25) is 0 Å². The Kier molecular flexibility index (Phi) is 2.61. The van der Waals surface area contributed by atoms with E-state index >= 15 is 0 Å². The summed E-state index contributed by atoms with van der Waals surface area (Å²) in [6.45, 7) is 0. The Morgan fingerprint density at radius 1 is 1.73 bits per heavy atom. The zero-order valence-electron chi connectivity index (χ0n) is 5.84. The van der Waals surface area contributed by atoms with Crippen molar-refractivity contribution in [1.29, 1.82) is 0 Å². The first-order chi connectivity index (χ1) is 5.27. The molecule has 1 heterocycles. The number of nitrogens with zero attached hydrogens (tertiary/aromatic N) is 2. The number of aromatic nitrogens is 2. The monoisotopic (exact) mass is 174 g/mol. The normalized spacial score (nSPS) is 9.73. The van der Waals surface area contributed by atoms with Crippen molar-refractivity contribution < 1.29 is 4.39 Å². The summed E-state index contributed by atoms with van der Waals surface area (Å²) in [5.74, 6) is 4.45. The largest absolute Gasteiger partial charge is 0.306 e. The summed E-state index contributed by atoms with van der Waals surface area (Å²) in [5.41, 5.74) is 2.13. The number of hydrazine groups is 1. The summed E-state index contributed by atoms with van der Waals surface area (Å²) in [6.07, 6.45) is 2.88. The molecule has 0 atom stereocenters. The van der Waals surface area contributed by atoms with Crippen LogP contribution in [0.1, 0.15) is 0 Å². The molecule has 0 amide bonds. The van der Waals surface area contributed by atoms with Crippen LogP contribution in [0, 0.1) is 5.82 Å². The SMILES string of the molecule is CSc1ncc(F)c(NN)n1. The van der Waals surface area contributed by atoms with E-state index in [-0.39, 0.29) is 5.82 Å². The molecule has 0 fully saturated rings.